The van der Waals surface area contributed by atoms with Crippen LogP contribution in [0.3, 0.4) is 0 Å². The number of nitrogen functional groups attached to an aromatic ring is 2. The first kappa shape index (κ1) is 16.2. The van der Waals surface area contributed by atoms with Crippen LogP contribution in [0.1, 0.15) is 0 Å². The monoisotopic (exact) mass is 344 g/mol. The minimum atomic E-state index is -4.61. The summed E-state index contributed by atoms with van der Waals surface area (Å²) in [5.41, 5.74) is 11.4. The fourth-order valence-electron chi connectivity index (χ4n) is 1.96. The minimum absolute atomic E-state index is 0.210. The van der Waals surface area contributed by atoms with Gasteiger partial charge in [0.25, 0.3) is 20.2 Å². The highest BCUT2D eigenvalue weighted by atomic mass is 32.2. The van der Waals surface area contributed by atoms with Gasteiger partial charge in [-0.1, -0.05) is 18.2 Å². The van der Waals surface area contributed by atoms with Gasteiger partial charge in [-0.2, -0.15) is 16.8 Å². The van der Waals surface area contributed by atoms with Gasteiger partial charge in [0, 0.05) is 5.56 Å². The third kappa shape index (κ3) is 3.04. The van der Waals surface area contributed by atoms with E-state index in [0.29, 0.717) is 5.56 Å². The molecule has 8 nitrogen and oxygen atoms in total. The predicted octanol–water partition coefficient (Wildman–Crippen LogP) is 1.01. The lowest BCUT2D eigenvalue weighted by atomic mass is 10.0. The topological polar surface area (TPSA) is 161 Å². The largest absolute Gasteiger partial charge is 0.398 e. The minimum Gasteiger partial charge on any atom is -0.398 e. The summed E-state index contributed by atoms with van der Waals surface area (Å²) >= 11 is 0. The van der Waals surface area contributed by atoms with Crippen molar-refractivity contribution in [2.75, 3.05) is 11.5 Å². The smallest absolute Gasteiger partial charge is 0.298 e. The summed E-state index contributed by atoms with van der Waals surface area (Å²) in [6.45, 7) is 0. The van der Waals surface area contributed by atoms with Gasteiger partial charge in [0.1, 0.15) is 4.90 Å². The van der Waals surface area contributed by atoms with Gasteiger partial charge in [0.2, 0.25) is 0 Å². The first-order valence-electron chi connectivity index (χ1n) is 5.75. The van der Waals surface area contributed by atoms with E-state index < -0.39 is 25.1 Å². The molecule has 0 aliphatic heterocycles. The average molecular weight is 344 g/mol. The van der Waals surface area contributed by atoms with Gasteiger partial charge in [0.15, 0.2) is 0 Å². The van der Waals surface area contributed by atoms with Crippen LogP contribution in [-0.2, 0) is 20.2 Å². The molecule has 10 heteroatoms. The van der Waals surface area contributed by atoms with E-state index >= 15 is 0 Å². The van der Waals surface area contributed by atoms with Crippen molar-refractivity contribution in [1.29, 1.82) is 0 Å². The van der Waals surface area contributed by atoms with Crippen LogP contribution in [0.2, 0.25) is 0 Å². The van der Waals surface area contributed by atoms with Crippen molar-refractivity contribution in [3.05, 3.63) is 36.4 Å². The number of hydrogen-bond acceptors (Lipinski definition) is 6. The third-order valence-electron chi connectivity index (χ3n) is 2.95. The quantitative estimate of drug-likeness (QED) is 0.474. The summed E-state index contributed by atoms with van der Waals surface area (Å²) in [6.07, 6.45) is 0. The predicted molar refractivity (Wildman–Crippen MR) is 80.3 cm³/mol. The Balaban J connectivity index is 2.65. The molecule has 2 rings (SSSR count). The summed E-state index contributed by atoms with van der Waals surface area (Å²) in [4.78, 5) is -0.927. The van der Waals surface area contributed by atoms with Gasteiger partial charge in [0.05, 0.1) is 16.3 Å². The number of benzene rings is 2. The number of nitrogens with two attached hydrogens (primary N) is 2. The van der Waals surface area contributed by atoms with Crippen molar-refractivity contribution in [2.24, 2.45) is 0 Å². The van der Waals surface area contributed by atoms with Gasteiger partial charge in [-0.15, -0.1) is 0 Å². The Morgan fingerprint density at radius 1 is 0.773 bits per heavy atom. The van der Waals surface area contributed by atoms with Crippen LogP contribution in [0.4, 0.5) is 11.4 Å². The second kappa shape index (κ2) is 5.25. The molecule has 118 valence electrons. The van der Waals surface area contributed by atoms with Crippen LogP contribution >= 0.6 is 0 Å². The van der Waals surface area contributed by atoms with Gasteiger partial charge in [-0.25, -0.2) is 0 Å². The van der Waals surface area contributed by atoms with Crippen LogP contribution < -0.4 is 11.5 Å². The summed E-state index contributed by atoms with van der Waals surface area (Å²) in [5, 5.41) is 0. The molecular weight excluding hydrogens is 332 g/mol. The van der Waals surface area contributed by atoms with Crippen molar-refractivity contribution in [3.8, 4) is 11.1 Å². The van der Waals surface area contributed by atoms with Crippen molar-refractivity contribution in [3.63, 3.8) is 0 Å². The SMILES string of the molecule is Nc1ccc(-c2ccc(S(=O)(=O)O)cc2)c(N)c1S(=O)(=O)O. The highest BCUT2D eigenvalue weighted by molar-refractivity contribution is 7.86. The summed E-state index contributed by atoms with van der Waals surface area (Å²) in [5.74, 6) is 0. The molecule has 0 saturated carbocycles. The normalized spacial score (nSPS) is 12.3. The van der Waals surface area contributed by atoms with Crippen LogP contribution in [-0.4, -0.2) is 25.9 Å². The van der Waals surface area contributed by atoms with Gasteiger partial charge >= 0.3 is 0 Å². The van der Waals surface area contributed by atoms with E-state index in [1.807, 2.05) is 0 Å². The van der Waals surface area contributed by atoms with Gasteiger partial charge in [-0.05, 0) is 23.8 Å². The molecule has 0 radical (unpaired) electrons. The van der Waals surface area contributed by atoms with Crippen LogP contribution in [0.25, 0.3) is 11.1 Å². The maximum Gasteiger partial charge on any atom is 0.298 e. The number of hydrogen-bond donors (Lipinski definition) is 4. The third-order valence-corrected chi connectivity index (χ3v) is 4.79. The highest BCUT2D eigenvalue weighted by Gasteiger charge is 2.21. The van der Waals surface area contributed by atoms with Crippen molar-refractivity contribution in [1.82, 2.24) is 0 Å². The molecule has 6 N–H and O–H groups in total. The second-order valence-electron chi connectivity index (χ2n) is 4.42. The molecule has 0 unspecified atom stereocenters. The first-order valence-corrected chi connectivity index (χ1v) is 8.63. The molecule has 0 saturated heterocycles. The zero-order valence-corrected chi connectivity index (χ0v) is 12.6. The lowest BCUT2D eigenvalue weighted by Crippen LogP contribution is -2.08. The lowest BCUT2D eigenvalue weighted by Gasteiger charge is -2.12. The van der Waals surface area contributed by atoms with Gasteiger partial charge in [-0.3, -0.25) is 9.11 Å². The van der Waals surface area contributed by atoms with E-state index in [-0.39, 0.29) is 21.8 Å². The summed E-state index contributed by atoms with van der Waals surface area (Å²) in [7, 11) is -8.95. The molecule has 0 bridgehead atoms. The molecule has 0 fully saturated rings. The molecule has 22 heavy (non-hydrogen) atoms. The molecular formula is C12H12N2O6S2. The fraction of sp³-hybridized carbons (Fsp3) is 0. The van der Waals surface area contributed by atoms with E-state index in [0.717, 1.165) is 12.1 Å². The molecule has 0 amide bonds. The van der Waals surface area contributed by atoms with E-state index in [2.05, 4.69) is 0 Å². The number of anilines is 2. The fourth-order valence-corrected chi connectivity index (χ4v) is 3.20. The van der Waals surface area contributed by atoms with Crippen LogP contribution in [0.5, 0.6) is 0 Å². The average Bonchev–Trinajstić information content (AvgIpc) is 2.36. The van der Waals surface area contributed by atoms with Crippen molar-refractivity contribution >= 4 is 31.6 Å². The van der Waals surface area contributed by atoms with E-state index in [1.165, 1.54) is 24.3 Å². The Hall–Kier alpha value is -2.14. The standard InChI is InChI=1S/C12H12N2O6S2/c13-10-6-5-9(11(14)12(10)22(18,19)20)7-1-3-8(4-2-7)21(15,16)17/h1-6H,13-14H2,(H,15,16,17)(H,18,19,20). The number of rotatable bonds is 3. The second-order valence-corrected chi connectivity index (χ2v) is 7.20. The van der Waals surface area contributed by atoms with Crippen molar-refractivity contribution in [2.45, 2.75) is 9.79 Å². The molecule has 0 atom stereocenters. The molecule has 0 spiro atoms. The molecule has 0 aromatic heterocycles. The lowest BCUT2D eigenvalue weighted by molar-refractivity contribution is 0.481. The van der Waals surface area contributed by atoms with Crippen LogP contribution in [0, 0.1) is 0 Å². The Labute approximate surface area is 126 Å². The molecule has 0 heterocycles. The van der Waals surface area contributed by atoms with E-state index in [4.69, 9.17) is 16.0 Å². The van der Waals surface area contributed by atoms with Crippen LogP contribution in [0.15, 0.2) is 46.2 Å². The highest BCUT2D eigenvalue weighted by Crippen LogP contribution is 2.35. The summed E-state index contributed by atoms with van der Waals surface area (Å²) in [6, 6.07) is 7.62. The van der Waals surface area contributed by atoms with Gasteiger partial charge < -0.3 is 11.5 Å². The summed E-state index contributed by atoms with van der Waals surface area (Å²) < 4.78 is 62.7. The zero-order chi connectivity index (χ0) is 16.7. The van der Waals surface area contributed by atoms with E-state index in [1.54, 1.807) is 0 Å². The Morgan fingerprint density at radius 2 is 1.32 bits per heavy atom. The maximum absolute atomic E-state index is 11.3. The first-order chi connectivity index (χ1) is 10.0. The van der Waals surface area contributed by atoms with E-state index in [9.17, 15) is 21.4 Å². The Morgan fingerprint density at radius 3 is 1.77 bits per heavy atom. The Bertz CT molecular complexity index is 934. The molecule has 2 aromatic rings. The van der Waals surface area contributed by atoms with Crippen molar-refractivity contribution < 1.29 is 25.9 Å². The molecule has 2 aromatic carbocycles. The zero-order valence-electron chi connectivity index (χ0n) is 11.0. The molecule has 0 aliphatic carbocycles. The Kier molecular flexibility index (Phi) is 3.87. The maximum atomic E-state index is 11.3. The molecule has 0 aliphatic rings.